The number of phenolic OH excluding ortho intramolecular Hbond substituents is 7. The van der Waals surface area contributed by atoms with Gasteiger partial charge in [-0.1, -0.05) is 69.4 Å². The van der Waals surface area contributed by atoms with Crippen LogP contribution in [0.2, 0.25) is 0 Å². The van der Waals surface area contributed by atoms with E-state index in [1.54, 1.807) is 92.9 Å². The Labute approximate surface area is 463 Å². The summed E-state index contributed by atoms with van der Waals surface area (Å²) in [6.45, 7) is 2.35. The van der Waals surface area contributed by atoms with Crippen LogP contribution in [-0.4, -0.2) is 119 Å². The number of allylic oxidation sites excluding steroid dienone is 4. The molecule has 7 N–H and O–H groups in total. The van der Waals surface area contributed by atoms with Crippen molar-refractivity contribution < 1.29 is 54.9 Å². The minimum atomic E-state index is -0.983. The number of nitrogens with zero attached hydrogens (tertiary/aromatic N) is 12. The summed E-state index contributed by atoms with van der Waals surface area (Å²) in [7, 11) is 0. The summed E-state index contributed by atoms with van der Waals surface area (Å²) in [5.41, 5.74) is 4.12. The lowest BCUT2D eigenvalue weighted by molar-refractivity contribution is -0.115. The van der Waals surface area contributed by atoms with Crippen LogP contribution < -0.4 is 0 Å². The summed E-state index contributed by atoms with van der Waals surface area (Å²) in [6.07, 6.45) is 20.2. The third-order valence-electron chi connectivity index (χ3n) is 12.9. The molecule has 81 heavy (non-hydrogen) atoms. The van der Waals surface area contributed by atoms with E-state index in [-0.39, 0.29) is 141 Å². The van der Waals surface area contributed by atoms with E-state index in [1.165, 1.54) is 78.9 Å². The van der Waals surface area contributed by atoms with E-state index >= 15 is 0 Å². The fourth-order valence-electron chi connectivity index (χ4n) is 8.61. The van der Waals surface area contributed by atoms with Gasteiger partial charge in [-0.2, -0.15) is 0 Å². The smallest absolute Gasteiger partial charge is 0.157 e. The van der Waals surface area contributed by atoms with Crippen LogP contribution in [-0.2, 0) is 71.0 Å². The maximum atomic E-state index is 13.0. The molecule has 23 heteroatoms. The predicted octanol–water partition coefficient (Wildman–Crippen LogP) is 6.25. The molecule has 4 heterocycles. The highest BCUT2D eigenvalue weighted by molar-refractivity contribution is 5.95. The monoisotopic (exact) mass is 1100 g/mol. The summed E-state index contributed by atoms with van der Waals surface area (Å²) >= 11 is 0. The zero-order valence-electron chi connectivity index (χ0n) is 44.0. The van der Waals surface area contributed by atoms with E-state index < -0.39 is 5.41 Å². The summed E-state index contributed by atoms with van der Waals surface area (Å²) in [4.78, 5) is 52.0. The first-order valence-electron chi connectivity index (χ1n) is 25.7. The first-order chi connectivity index (χ1) is 38.9. The van der Waals surface area contributed by atoms with Gasteiger partial charge in [0.25, 0.3) is 0 Å². The second-order valence-corrected chi connectivity index (χ2v) is 19.6. The van der Waals surface area contributed by atoms with Crippen molar-refractivity contribution in [3.8, 4) is 40.2 Å². The minimum Gasteiger partial charge on any atom is -0.508 e. The van der Waals surface area contributed by atoms with Crippen molar-refractivity contribution in [3.05, 3.63) is 172 Å². The van der Waals surface area contributed by atoms with Crippen molar-refractivity contribution >= 4 is 47.4 Å². The van der Waals surface area contributed by atoms with Crippen LogP contribution in [0.25, 0.3) is 24.3 Å². The van der Waals surface area contributed by atoms with E-state index in [9.17, 15) is 54.9 Å². The predicted molar refractivity (Wildman–Crippen MR) is 294 cm³/mol. The third kappa shape index (κ3) is 16.8. The molecular weight excluding hydrogens is 1040 g/mol. The summed E-state index contributed by atoms with van der Waals surface area (Å²) in [6, 6.07) is 17.7. The van der Waals surface area contributed by atoms with E-state index in [4.69, 9.17) is 0 Å². The van der Waals surface area contributed by atoms with Gasteiger partial charge in [-0.3, -0.25) is 37.9 Å². The normalized spacial score (nSPS) is 12.0. The van der Waals surface area contributed by atoms with Gasteiger partial charge in [0.15, 0.2) is 57.6 Å². The molecule has 0 spiro atoms. The van der Waals surface area contributed by atoms with Gasteiger partial charge < -0.3 is 35.7 Å². The summed E-state index contributed by atoms with van der Waals surface area (Å²) in [5.74, 6) is -2.40. The minimum absolute atomic E-state index is 0.0851. The van der Waals surface area contributed by atoms with Gasteiger partial charge in [0.2, 0.25) is 0 Å². The lowest BCUT2D eigenvalue weighted by Gasteiger charge is -2.33. The zero-order valence-corrected chi connectivity index (χ0v) is 44.0. The third-order valence-corrected chi connectivity index (χ3v) is 12.9. The molecule has 416 valence electrons. The maximum Gasteiger partial charge on any atom is 0.157 e. The van der Waals surface area contributed by atoms with Crippen LogP contribution in [0.15, 0.2) is 122 Å². The van der Waals surface area contributed by atoms with E-state index in [0.717, 1.165) is 5.56 Å². The van der Waals surface area contributed by atoms with Gasteiger partial charge in [-0.25, -0.2) is 0 Å². The molecule has 0 bridgehead atoms. The van der Waals surface area contributed by atoms with Gasteiger partial charge in [0, 0.05) is 81.6 Å². The van der Waals surface area contributed by atoms with Gasteiger partial charge in [-0.05, 0) is 108 Å². The zero-order chi connectivity index (χ0) is 57.5. The Morgan fingerprint density at radius 1 is 0.383 bits per heavy atom. The first kappa shape index (κ1) is 56.9. The Morgan fingerprint density at radius 3 is 0.901 bits per heavy atom. The van der Waals surface area contributed by atoms with Crippen molar-refractivity contribution in [1.82, 2.24) is 60.0 Å². The maximum absolute atomic E-state index is 13.0. The first-order valence-corrected chi connectivity index (χ1v) is 25.7. The van der Waals surface area contributed by atoms with Crippen LogP contribution in [0.3, 0.4) is 0 Å². The molecule has 23 nitrogen and oxygen atoms in total. The standard InChI is InChI=1S/C58H58N12O11/c1-38-26-39(6-22-51(38)75)2-14-47(71)18-10-43-30-67(63-59-43)34-58(35-68-31-44(60-64-68)11-19-48(72)15-3-40-7-23-52(76)55(79)27-40,36-69-32-45(61-65-69)12-20-49(73)16-4-41-8-24-53(77)56(80)28-41)37-70-33-46(62-66-70)13-21-50(74)17-5-42-9-25-54(78)57(81)29-42/h2-9,14-17,22-33,75-81H,10-13,18-21,34-37H2,1H3/b14-2+,15-3+,16-4+,17-5+. The van der Waals surface area contributed by atoms with E-state index in [1.807, 2.05) is 0 Å². The number of hydrogen-bond acceptors (Lipinski definition) is 19. The Bertz CT molecular complexity index is 3200. The fourth-order valence-corrected chi connectivity index (χ4v) is 8.61. The number of carbonyl (C=O) groups is 4. The Kier molecular flexibility index (Phi) is 18.5. The Morgan fingerprint density at radius 2 is 0.642 bits per heavy atom. The van der Waals surface area contributed by atoms with Gasteiger partial charge in [0.05, 0.1) is 49.0 Å². The molecule has 0 aliphatic rings. The molecule has 4 aromatic heterocycles. The van der Waals surface area contributed by atoms with E-state index in [2.05, 4.69) is 41.2 Å². The molecular formula is C58H58N12O11. The Hall–Kier alpha value is -10.3. The molecule has 4 aromatic carbocycles. The lowest BCUT2D eigenvalue weighted by atomic mass is 9.87. The fraction of sp³-hybridized carbons (Fsp3) is 0.241. The molecule has 0 atom stereocenters. The number of hydrogen-bond donors (Lipinski definition) is 7. The molecule has 0 aliphatic carbocycles. The van der Waals surface area contributed by atoms with E-state index in [0.29, 0.717) is 45.0 Å². The number of benzene rings is 4. The highest BCUT2D eigenvalue weighted by Gasteiger charge is 2.36. The van der Waals surface area contributed by atoms with Crippen molar-refractivity contribution in [2.75, 3.05) is 0 Å². The largest absolute Gasteiger partial charge is 0.508 e. The topological polar surface area (TPSA) is 333 Å². The van der Waals surface area contributed by atoms with Crippen molar-refractivity contribution in [3.63, 3.8) is 0 Å². The second kappa shape index (κ2) is 26.4. The molecule has 0 amide bonds. The number of ketones is 4. The van der Waals surface area contributed by atoms with Crippen LogP contribution in [0.5, 0.6) is 40.2 Å². The summed E-state index contributed by atoms with van der Waals surface area (Å²) in [5, 5.41) is 104. The average Bonchev–Trinajstić information content (AvgIpc) is 4.43. The van der Waals surface area contributed by atoms with Gasteiger partial charge >= 0.3 is 0 Å². The SMILES string of the molecule is Cc1cc(/C=C/C(=O)CCc2cn(CC(Cn3cc(CCC(=O)/C=C/c4ccc(O)c(O)c4)nn3)(Cn3cc(CCC(=O)/C=C/c4ccc(O)c(O)c4)nn3)Cn3cc(CCC(=O)/C=C/c4ccc(O)c(O)c4)nn3)nn2)ccc1O. The highest BCUT2D eigenvalue weighted by Crippen LogP contribution is 2.30. The molecule has 8 rings (SSSR count). The molecule has 0 saturated carbocycles. The number of rotatable bonds is 28. The molecule has 0 unspecified atom stereocenters. The highest BCUT2D eigenvalue weighted by atomic mass is 16.3. The van der Waals surface area contributed by atoms with Crippen molar-refractivity contribution in [2.24, 2.45) is 5.41 Å². The number of aromatic nitrogens is 12. The van der Waals surface area contributed by atoms with Crippen molar-refractivity contribution in [2.45, 2.75) is 84.5 Å². The Balaban J connectivity index is 1.04. The molecule has 8 aromatic rings. The second-order valence-electron chi connectivity index (χ2n) is 19.6. The van der Waals surface area contributed by atoms with Crippen molar-refractivity contribution in [1.29, 1.82) is 0 Å². The van der Waals surface area contributed by atoms with Crippen LogP contribution in [0.4, 0.5) is 0 Å². The average molecular weight is 1100 g/mol. The quantitative estimate of drug-likeness (QED) is 0.0210. The number of aromatic hydroxyl groups is 7. The number of aryl methyl sites for hydroxylation is 5. The molecule has 0 aliphatic heterocycles. The molecule has 0 fully saturated rings. The van der Waals surface area contributed by atoms with Crippen LogP contribution in [0.1, 0.15) is 76.3 Å². The van der Waals surface area contributed by atoms with Crippen LogP contribution in [0, 0.1) is 12.3 Å². The van der Waals surface area contributed by atoms with Gasteiger partial charge in [-0.15, -0.1) is 20.4 Å². The molecule has 0 saturated heterocycles. The lowest BCUT2D eigenvalue weighted by Crippen LogP contribution is -2.41. The number of phenols is 7. The van der Waals surface area contributed by atoms with Gasteiger partial charge in [0.1, 0.15) is 5.75 Å². The molecule has 0 radical (unpaired) electrons. The summed E-state index contributed by atoms with van der Waals surface area (Å²) < 4.78 is 6.57. The number of carbonyl (C=O) groups excluding carboxylic acids is 4. The van der Waals surface area contributed by atoms with Crippen LogP contribution >= 0.6 is 0 Å².